The van der Waals surface area contributed by atoms with Gasteiger partial charge in [0, 0.05) is 38.1 Å². The summed E-state index contributed by atoms with van der Waals surface area (Å²) in [4.78, 5) is 12.1. The first-order chi connectivity index (χ1) is 9.94. The molecule has 0 fully saturated rings. The zero-order chi connectivity index (χ0) is 15.4. The van der Waals surface area contributed by atoms with Crippen LogP contribution in [0, 0.1) is 0 Å². The van der Waals surface area contributed by atoms with Gasteiger partial charge in [0.25, 0.3) is 0 Å². The number of allylic oxidation sites excluding steroid dienone is 2. The Hall–Kier alpha value is -1.48. The smallest absolute Gasteiger partial charge is 0.187 e. The van der Waals surface area contributed by atoms with E-state index in [0.717, 1.165) is 5.69 Å². The van der Waals surface area contributed by atoms with Crippen LogP contribution in [0.4, 0.5) is 5.69 Å². The average molecular weight is 341 g/mol. The Kier molecular flexibility index (Phi) is 5.29. The third-order valence-electron chi connectivity index (χ3n) is 2.68. The molecular weight excluding hydrogens is 329 g/mol. The molecule has 0 aliphatic carbocycles. The number of hydrogen-bond acceptors (Lipinski definition) is 2. The molecule has 0 amide bonds. The summed E-state index contributed by atoms with van der Waals surface area (Å²) >= 11 is 17.6. The minimum absolute atomic E-state index is 0.107. The van der Waals surface area contributed by atoms with Crippen LogP contribution in [0.15, 0.2) is 54.2 Å². The predicted octanol–water partition coefficient (Wildman–Crippen LogP) is 5.85. The van der Waals surface area contributed by atoms with E-state index in [-0.39, 0.29) is 5.78 Å². The van der Waals surface area contributed by atoms with Crippen LogP contribution in [-0.2, 0) is 0 Å². The molecule has 0 atom stereocenters. The minimum atomic E-state index is -0.107. The molecule has 0 heterocycles. The Morgan fingerprint density at radius 3 is 2.10 bits per heavy atom. The third-order valence-corrected chi connectivity index (χ3v) is 3.37. The van der Waals surface area contributed by atoms with Crippen molar-refractivity contribution in [2.45, 2.75) is 6.92 Å². The van der Waals surface area contributed by atoms with Crippen molar-refractivity contribution in [1.29, 1.82) is 0 Å². The number of hydrogen-bond donors (Lipinski definition) is 1. The third kappa shape index (κ3) is 4.78. The summed E-state index contributed by atoms with van der Waals surface area (Å²) in [5.41, 5.74) is 1.99. The summed E-state index contributed by atoms with van der Waals surface area (Å²) in [6, 6.07) is 11.8. The number of halogens is 3. The fraction of sp³-hybridized carbons (Fsp3) is 0.0625. The summed E-state index contributed by atoms with van der Waals surface area (Å²) in [5, 5.41) is 4.74. The van der Waals surface area contributed by atoms with Crippen LogP contribution >= 0.6 is 34.8 Å². The highest BCUT2D eigenvalue weighted by Gasteiger charge is 2.04. The summed E-state index contributed by atoms with van der Waals surface area (Å²) < 4.78 is 0. The fourth-order valence-corrected chi connectivity index (χ4v) is 2.44. The van der Waals surface area contributed by atoms with E-state index < -0.39 is 0 Å². The van der Waals surface area contributed by atoms with Gasteiger partial charge >= 0.3 is 0 Å². The maximum absolute atomic E-state index is 12.1. The van der Waals surface area contributed by atoms with Gasteiger partial charge in [0.05, 0.1) is 0 Å². The zero-order valence-electron chi connectivity index (χ0n) is 11.2. The lowest BCUT2D eigenvalue weighted by atomic mass is 10.1. The van der Waals surface area contributed by atoms with Gasteiger partial charge in [-0.25, -0.2) is 0 Å². The van der Waals surface area contributed by atoms with Crippen LogP contribution in [0.2, 0.25) is 15.1 Å². The summed E-state index contributed by atoms with van der Waals surface area (Å²) in [5.74, 6) is -0.107. The van der Waals surface area contributed by atoms with Crippen LogP contribution in [0.3, 0.4) is 0 Å². The van der Waals surface area contributed by atoms with Crippen molar-refractivity contribution >= 4 is 46.3 Å². The Labute approximate surface area is 138 Å². The fourth-order valence-electron chi connectivity index (χ4n) is 1.78. The highest BCUT2D eigenvalue weighted by Crippen LogP contribution is 2.23. The molecule has 0 bridgehead atoms. The molecule has 0 unspecified atom stereocenters. The maximum atomic E-state index is 12.1. The minimum Gasteiger partial charge on any atom is -0.359 e. The summed E-state index contributed by atoms with van der Waals surface area (Å²) in [7, 11) is 0. The second-order valence-electron chi connectivity index (χ2n) is 4.48. The van der Waals surface area contributed by atoms with Crippen LogP contribution in [0.5, 0.6) is 0 Å². The summed E-state index contributed by atoms with van der Waals surface area (Å²) in [6.07, 6.45) is 1.51. The number of rotatable bonds is 4. The van der Waals surface area contributed by atoms with Crippen molar-refractivity contribution in [2.75, 3.05) is 5.32 Å². The molecule has 2 rings (SSSR count). The van der Waals surface area contributed by atoms with Crippen molar-refractivity contribution in [3.05, 3.63) is 74.9 Å². The van der Waals surface area contributed by atoms with Gasteiger partial charge in [-0.15, -0.1) is 0 Å². The maximum Gasteiger partial charge on any atom is 0.187 e. The van der Waals surface area contributed by atoms with Crippen LogP contribution < -0.4 is 5.32 Å². The molecular formula is C16H12Cl3NO. The van der Waals surface area contributed by atoms with Gasteiger partial charge in [-0.2, -0.15) is 0 Å². The Balaban J connectivity index is 2.13. The molecule has 2 aromatic carbocycles. The van der Waals surface area contributed by atoms with E-state index in [4.69, 9.17) is 34.8 Å². The highest BCUT2D eigenvalue weighted by molar-refractivity contribution is 6.35. The number of carbonyl (C=O) groups excluding carboxylic acids is 1. The number of ketones is 1. The normalized spacial score (nSPS) is 11.3. The lowest BCUT2D eigenvalue weighted by Crippen LogP contribution is -2.01. The number of carbonyl (C=O) groups is 1. The van der Waals surface area contributed by atoms with Gasteiger partial charge in [0.2, 0.25) is 0 Å². The molecule has 0 saturated heterocycles. The molecule has 0 aromatic heterocycles. The van der Waals surface area contributed by atoms with Gasteiger partial charge < -0.3 is 5.32 Å². The number of anilines is 1. The molecule has 0 saturated carbocycles. The molecule has 1 N–H and O–H groups in total. The largest absolute Gasteiger partial charge is 0.359 e. The van der Waals surface area contributed by atoms with Gasteiger partial charge in [-0.3, -0.25) is 4.79 Å². The lowest BCUT2D eigenvalue weighted by molar-refractivity contribution is 0.104. The highest BCUT2D eigenvalue weighted by atomic mass is 35.5. The molecule has 0 radical (unpaired) electrons. The molecule has 2 nitrogen and oxygen atoms in total. The van der Waals surface area contributed by atoms with Crippen molar-refractivity contribution in [3.63, 3.8) is 0 Å². The number of nitrogens with one attached hydrogen (secondary N) is 1. The first kappa shape index (κ1) is 15.9. The van der Waals surface area contributed by atoms with Gasteiger partial charge in [0.15, 0.2) is 5.78 Å². The second-order valence-corrected chi connectivity index (χ2v) is 5.79. The Bertz CT molecular complexity index is 673. The van der Waals surface area contributed by atoms with Gasteiger partial charge in [0.1, 0.15) is 0 Å². The van der Waals surface area contributed by atoms with Crippen molar-refractivity contribution in [3.8, 4) is 0 Å². The molecule has 0 aliphatic rings. The monoisotopic (exact) mass is 339 g/mol. The average Bonchev–Trinajstić information content (AvgIpc) is 2.37. The Morgan fingerprint density at radius 2 is 1.52 bits per heavy atom. The zero-order valence-corrected chi connectivity index (χ0v) is 13.4. The van der Waals surface area contributed by atoms with E-state index in [1.807, 2.05) is 0 Å². The molecule has 108 valence electrons. The van der Waals surface area contributed by atoms with E-state index in [2.05, 4.69) is 5.32 Å². The second kappa shape index (κ2) is 6.99. The molecule has 2 aromatic rings. The SMILES string of the molecule is C/C(=C/C(=O)c1ccc(Cl)cc1)Nc1cc(Cl)cc(Cl)c1. The van der Waals surface area contributed by atoms with E-state index in [1.165, 1.54) is 6.08 Å². The van der Waals surface area contributed by atoms with E-state index in [9.17, 15) is 4.79 Å². The molecule has 0 spiro atoms. The molecule has 21 heavy (non-hydrogen) atoms. The Morgan fingerprint density at radius 1 is 0.952 bits per heavy atom. The van der Waals surface area contributed by atoms with Gasteiger partial charge in [-0.1, -0.05) is 34.8 Å². The van der Waals surface area contributed by atoms with Crippen LogP contribution in [0.25, 0.3) is 0 Å². The number of benzene rings is 2. The van der Waals surface area contributed by atoms with Gasteiger partial charge in [-0.05, 0) is 49.4 Å². The van der Waals surface area contributed by atoms with E-state index >= 15 is 0 Å². The quantitative estimate of drug-likeness (QED) is 0.559. The summed E-state index contributed by atoms with van der Waals surface area (Å²) in [6.45, 7) is 1.79. The first-order valence-electron chi connectivity index (χ1n) is 6.15. The predicted molar refractivity (Wildman–Crippen MR) is 89.6 cm³/mol. The van der Waals surface area contributed by atoms with Crippen LogP contribution in [0.1, 0.15) is 17.3 Å². The topological polar surface area (TPSA) is 29.1 Å². The standard InChI is InChI=1S/C16H12Cl3NO/c1-10(20-15-8-13(18)7-14(19)9-15)6-16(21)11-2-4-12(17)5-3-11/h2-9,20H,1H3/b10-6-. The molecule has 5 heteroatoms. The van der Waals surface area contributed by atoms with E-state index in [0.29, 0.717) is 26.3 Å². The molecule has 0 aliphatic heterocycles. The van der Waals surface area contributed by atoms with E-state index in [1.54, 1.807) is 49.4 Å². The van der Waals surface area contributed by atoms with Crippen molar-refractivity contribution in [1.82, 2.24) is 0 Å². The lowest BCUT2D eigenvalue weighted by Gasteiger charge is -2.07. The van der Waals surface area contributed by atoms with Crippen molar-refractivity contribution < 1.29 is 4.79 Å². The first-order valence-corrected chi connectivity index (χ1v) is 7.29. The van der Waals surface area contributed by atoms with Crippen LogP contribution in [-0.4, -0.2) is 5.78 Å². The van der Waals surface area contributed by atoms with Crippen molar-refractivity contribution in [2.24, 2.45) is 0 Å².